The maximum Gasteiger partial charge on any atom is 0.179 e. The molecule has 1 fully saturated rings. The molecule has 0 spiro atoms. The Balaban J connectivity index is 1.67. The Hall–Kier alpha value is -1.60. The van der Waals surface area contributed by atoms with Crippen molar-refractivity contribution in [2.24, 2.45) is 5.92 Å². The quantitative estimate of drug-likeness (QED) is 0.529. The molecule has 0 saturated heterocycles. The topological polar surface area (TPSA) is 70.9 Å². The first-order valence-corrected chi connectivity index (χ1v) is 9.84. The van der Waals surface area contributed by atoms with Gasteiger partial charge in [-0.1, -0.05) is 32.2 Å². The predicted molar refractivity (Wildman–Crippen MR) is 98.1 cm³/mol. The zero-order valence-electron chi connectivity index (χ0n) is 14.2. The largest absolute Gasteiger partial charge is 0.345 e. The van der Waals surface area contributed by atoms with E-state index >= 15 is 0 Å². The summed E-state index contributed by atoms with van der Waals surface area (Å²) in [6.45, 7) is 4.51. The van der Waals surface area contributed by atoms with Gasteiger partial charge in [-0.25, -0.2) is 4.98 Å². The molecule has 3 atom stereocenters. The van der Waals surface area contributed by atoms with Crippen molar-refractivity contribution < 1.29 is 0 Å². The monoisotopic (exact) mass is 344 g/mol. The van der Waals surface area contributed by atoms with Crippen LogP contribution in [0.2, 0.25) is 0 Å². The van der Waals surface area contributed by atoms with E-state index < -0.39 is 0 Å². The molecule has 1 aliphatic rings. The highest BCUT2D eigenvalue weighted by molar-refractivity contribution is 7.97. The number of rotatable bonds is 6. The second kappa shape index (κ2) is 6.72. The zero-order valence-corrected chi connectivity index (χ0v) is 15.0. The number of nitrogens with zero attached hydrogens (tertiary/aromatic N) is 4. The highest BCUT2D eigenvalue weighted by Gasteiger charge is 2.37. The molecule has 4 rings (SSSR count). The molecular weight excluding hydrogens is 320 g/mol. The Labute approximate surface area is 146 Å². The molecule has 3 heterocycles. The van der Waals surface area contributed by atoms with E-state index in [9.17, 15) is 0 Å². The van der Waals surface area contributed by atoms with Gasteiger partial charge >= 0.3 is 0 Å². The van der Waals surface area contributed by atoms with Gasteiger partial charge < -0.3 is 4.98 Å². The van der Waals surface area contributed by atoms with Crippen molar-refractivity contribution in [3.8, 4) is 0 Å². The Bertz CT molecular complexity index is 825. The van der Waals surface area contributed by atoms with Crippen LogP contribution >= 0.6 is 11.9 Å². The summed E-state index contributed by atoms with van der Waals surface area (Å²) < 4.78 is 5.85. The molecule has 0 bridgehead atoms. The minimum atomic E-state index is 0.449. The SMILES string of the molecule is CCCSN[C@H]1CC(CC)C(c2nnc3cnc4[nH]ccc4n23)C1. The third-order valence-corrected chi connectivity index (χ3v) is 6.19. The summed E-state index contributed by atoms with van der Waals surface area (Å²) in [6, 6.07) is 2.62. The summed E-state index contributed by atoms with van der Waals surface area (Å²) in [7, 11) is 0. The lowest BCUT2D eigenvalue weighted by atomic mass is 9.93. The summed E-state index contributed by atoms with van der Waals surface area (Å²) in [4.78, 5) is 7.60. The molecule has 0 aromatic carbocycles. The van der Waals surface area contributed by atoms with E-state index in [2.05, 4.69) is 49.2 Å². The lowest BCUT2D eigenvalue weighted by Gasteiger charge is -2.16. The van der Waals surface area contributed by atoms with Crippen LogP contribution in [-0.4, -0.2) is 36.4 Å². The number of nitrogens with one attached hydrogen (secondary N) is 2. The van der Waals surface area contributed by atoms with E-state index in [1.165, 1.54) is 25.0 Å². The van der Waals surface area contributed by atoms with Gasteiger partial charge in [0.05, 0.1) is 11.7 Å². The van der Waals surface area contributed by atoms with Gasteiger partial charge in [-0.05, 0) is 31.2 Å². The molecule has 2 N–H and O–H groups in total. The van der Waals surface area contributed by atoms with E-state index in [1.807, 2.05) is 18.1 Å². The van der Waals surface area contributed by atoms with Gasteiger partial charge in [-0.3, -0.25) is 9.12 Å². The number of fused-ring (bicyclic) bond motifs is 3. The lowest BCUT2D eigenvalue weighted by molar-refractivity contribution is 0.449. The second-order valence-electron chi connectivity index (χ2n) is 6.63. The first-order valence-electron chi connectivity index (χ1n) is 8.86. The summed E-state index contributed by atoms with van der Waals surface area (Å²) in [5.74, 6) is 3.36. The van der Waals surface area contributed by atoms with Crippen LogP contribution in [0.4, 0.5) is 0 Å². The third kappa shape index (κ3) is 2.69. The lowest BCUT2D eigenvalue weighted by Crippen LogP contribution is -2.20. The summed E-state index contributed by atoms with van der Waals surface area (Å²) in [5.41, 5.74) is 2.80. The van der Waals surface area contributed by atoms with Gasteiger partial charge in [0.15, 0.2) is 11.3 Å². The van der Waals surface area contributed by atoms with Crippen molar-refractivity contribution in [2.75, 3.05) is 5.75 Å². The van der Waals surface area contributed by atoms with Crippen molar-refractivity contribution in [1.29, 1.82) is 0 Å². The maximum absolute atomic E-state index is 4.56. The fraction of sp³-hybridized carbons (Fsp3) is 0.588. The van der Waals surface area contributed by atoms with Gasteiger partial charge in [0.1, 0.15) is 5.82 Å². The highest BCUT2D eigenvalue weighted by Crippen LogP contribution is 2.41. The smallest absolute Gasteiger partial charge is 0.179 e. The van der Waals surface area contributed by atoms with Crippen LogP contribution in [-0.2, 0) is 0 Å². The summed E-state index contributed by atoms with van der Waals surface area (Å²) in [6.07, 6.45) is 8.46. The maximum atomic E-state index is 4.56. The van der Waals surface area contributed by atoms with E-state index in [1.54, 1.807) is 6.20 Å². The normalized spacial score (nSPS) is 24.3. The van der Waals surface area contributed by atoms with E-state index in [0.29, 0.717) is 17.9 Å². The van der Waals surface area contributed by atoms with Crippen LogP contribution in [0.3, 0.4) is 0 Å². The Morgan fingerprint density at radius 1 is 1.33 bits per heavy atom. The van der Waals surface area contributed by atoms with E-state index in [0.717, 1.165) is 29.1 Å². The van der Waals surface area contributed by atoms with Gasteiger partial charge in [-0.15, -0.1) is 10.2 Å². The summed E-state index contributed by atoms with van der Waals surface area (Å²) >= 11 is 1.86. The molecule has 0 aliphatic heterocycles. The van der Waals surface area contributed by atoms with Crippen molar-refractivity contribution >= 4 is 28.8 Å². The standard InChI is InChI=1S/C17H24N6S/c1-3-7-24-22-12-8-11(4-2)13(9-12)17-21-20-15-10-19-16-14(23(15)17)5-6-18-16/h5-6,10-13,18,22H,3-4,7-9H2,1-2H3/t11?,12-,13?/m0/s1. The average Bonchev–Trinajstić information content (AvgIpc) is 3.31. The van der Waals surface area contributed by atoms with Gasteiger partial charge in [-0.2, -0.15) is 0 Å². The molecule has 1 aliphatic carbocycles. The van der Waals surface area contributed by atoms with E-state index in [-0.39, 0.29) is 0 Å². The van der Waals surface area contributed by atoms with Crippen LogP contribution in [0.25, 0.3) is 16.8 Å². The number of aromatic nitrogens is 5. The van der Waals surface area contributed by atoms with Gasteiger partial charge in [0.25, 0.3) is 0 Å². The van der Waals surface area contributed by atoms with Gasteiger partial charge in [0.2, 0.25) is 0 Å². The Kier molecular flexibility index (Phi) is 4.45. The molecule has 0 radical (unpaired) electrons. The molecule has 3 aromatic rings. The predicted octanol–water partition coefficient (Wildman–Crippen LogP) is 3.53. The van der Waals surface area contributed by atoms with Crippen LogP contribution in [0.1, 0.15) is 51.3 Å². The molecule has 128 valence electrons. The molecule has 1 saturated carbocycles. The molecular formula is C17H24N6S. The van der Waals surface area contributed by atoms with Crippen LogP contribution in [0.15, 0.2) is 18.5 Å². The van der Waals surface area contributed by atoms with Crippen LogP contribution < -0.4 is 4.72 Å². The van der Waals surface area contributed by atoms with Crippen molar-refractivity contribution in [1.82, 2.24) is 29.3 Å². The van der Waals surface area contributed by atoms with Crippen molar-refractivity contribution in [2.45, 2.75) is 51.5 Å². The fourth-order valence-electron chi connectivity index (χ4n) is 3.91. The zero-order chi connectivity index (χ0) is 16.5. The number of aromatic amines is 1. The van der Waals surface area contributed by atoms with Crippen molar-refractivity contribution in [3.63, 3.8) is 0 Å². The third-order valence-electron chi connectivity index (χ3n) is 5.07. The fourth-order valence-corrected chi connectivity index (χ4v) is 4.66. The minimum absolute atomic E-state index is 0.449. The summed E-state index contributed by atoms with van der Waals surface area (Å²) in [5, 5.41) is 8.93. The number of H-pyrrole nitrogens is 1. The first kappa shape index (κ1) is 15.9. The minimum Gasteiger partial charge on any atom is -0.345 e. The molecule has 6 nitrogen and oxygen atoms in total. The Morgan fingerprint density at radius 3 is 3.08 bits per heavy atom. The Morgan fingerprint density at radius 2 is 2.25 bits per heavy atom. The molecule has 2 unspecified atom stereocenters. The number of hydrogen-bond acceptors (Lipinski definition) is 5. The highest BCUT2D eigenvalue weighted by atomic mass is 32.2. The first-order chi connectivity index (χ1) is 11.8. The second-order valence-corrected chi connectivity index (χ2v) is 7.56. The molecule has 0 amide bonds. The number of hydrogen-bond donors (Lipinski definition) is 2. The van der Waals surface area contributed by atoms with Crippen LogP contribution in [0, 0.1) is 5.92 Å². The van der Waals surface area contributed by atoms with Crippen LogP contribution in [0.5, 0.6) is 0 Å². The van der Waals surface area contributed by atoms with E-state index in [4.69, 9.17) is 0 Å². The molecule has 3 aromatic heterocycles. The van der Waals surface area contributed by atoms with Crippen molar-refractivity contribution in [3.05, 3.63) is 24.3 Å². The average molecular weight is 344 g/mol. The van der Waals surface area contributed by atoms with Gasteiger partial charge in [0, 0.05) is 23.9 Å². The molecule has 7 heteroatoms. The molecule has 24 heavy (non-hydrogen) atoms.